The fourth-order valence-corrected chi connectivity index (χ4v) is 2.30. The van der Waals surface area contributed by atoms with Crippen LogP contribution in [-0.4, -0.2) is 25.8 Å². The maximum Gasteiger partial charge on any atom is 0.238 e. The third-order valence-electron chi connectivity index (χ3n) is 1.86. The number of hydrogen-bond donors (Lipinski definition) is 0. The second-order valence-corrected chi connectivity index (χ2v) is 4.60. The van der Waals surface area contributed by atoms with E-state index in [9.17, 15) is 8.42 Å². The van der Waals surface area contributed by atoms with Crippen LogP contribution in [-0.2, 0) is 10.0 Å². The van der Waals surface area contributed by atoms with Gasteiger partial charge in [0.05, 0.1) is 4.91 Å². The Labute approximate surface area is 75.1 Å². The largest absolute Gasteiger partial charge is 0.238 e. The molecular formula is C8H17NO2S. The van der Waals surface area contributed by atoms with E-state index in [4.69, 9.17) is 0 Å². The third kappa shape index (κ3) is 2.32. The van der Waals surface area contributed by atoms with Gasteiger partial charge < -0.3 is 0 Å². The molecule has 0 N–H and O–H groups in total. The van der Waals surface area contributed by atoms with Crippen LogP contribution < -0.4 is 0 Å². The molecule has 12 heavy (non-hydrogen) atoms. The predicted molar refractivity (Wildman–Crippen MR) is 51.3 cm³/mol. The molecule has 0 saturated heterocycles. The molecule has 0 spiro atoms. The molecule has 3 nitrogen and oxygen atoms in total. The average Bonchev–Trinajstić information content (AvgIpc) is 2.04. The Bertz CT molecular complexity index is 250. The van der Waals surface area contributed by atoms with E-state index in [-0.39, 0.29) is 0 Å². The minimum Gasteiger partial charge on any atom is -0.207 e. The number of rotatable bonds is 4. The monoisotopic (exact) mass is 191 g/mol. The van der Waals surface area contributed by atoms with E-state index in [1.165, 1.54) is 4.31 Å². The van der Waals surface area contributed by atoms with Crippen LogP contribution in [0.25, 0.3) is 0 Å². The van der Waals surface area contributed by atoms with Crippen molar-refractivity contribution in [2.45, 2.75) is 27.7 Å². The number of allylic oxidation sites excluding steroid dienone is 2. The lowest BCUT2D eigenvalue weighted by atomic mass is 10.6. The Morgan fingerprint density at radius 2 is 1.75 bits per heavy atom. The minimum atomic E-state index is -3.16. The molecule has 0 bridgehead atoms. The van der Waals surface area contributed by atoms with E-state index >= 15 is 0 Å². The molecular weight excluding hydrogens is 174 g/mol. The van der Waals surface area contributed by atoms with Gasteiger partial charge in [0.2, 0.25) is 10.0 Å². The van der Waals surface area contributed by atoms with E-state index in [2.05, 4.69) is 0 Å². The fourth-order valence-electron chi connectivity index (χ4n) is 0.916. The zero-order valence-electron chi connectivity index (χ0n) is 8.16. The van der Waals surface area contributed by atoms with Gasteiger partial charge in [-0.05, 0) is 13.8 Å². The molecule has 0 aliphatic heterocycles. The highest BCUT2D eigenvalue weighted by atomic mass is 32.2. The van der Waals surface area contributed by atoms with E-state index < -0.39 is 10.0 Å². The SMILES string of the molecule is CC=C(C)S(=O)(=O)N(CC)CC. The van der Waals surface area contributed by atoms with Crippen LogP contribution in [0.3, 0.4) is 0 Å². The molecule has 0 amide bonds. The van der Waals surface area contributed by atoms with Crippen molar-refractivity contribution in [2.24, 2.45) is 0 Å². The summed E-state index contributed by atoms with van der Waals surface area (Å²) in [5.74, 6) is 0. The molecule has 0 atom stereocenters. The molecule has 72 valence electrons. The van der Waals surface area contributed by atoms with Gasteiger partial charge in [-0.2, -0.15) is 4.31 Å². The Kier molecular flexibility index (Phi) is 4.49. The Morgan fingerprint density at radius 3 is 2.00 bits per heavy atom. The molecule has 0 aromatic heterocycles. The lowest BCUT2D eigenvalue weighted by Gasteiger charge is -2.18. The molecule has 0 aliphatic carbocycles. The van der Waals surface area contributed by atoms with E-state index in [0.29, 0.717) is 18.0 Å². The van der Waals surface area contributed by atoms with Crippen molar-refractivity contribution < 1.29 is 8.42 Å². The van der Waals surface area contributed by atoms with Crippen molar-refractivity contribution in [3.05, 3.63) is 11.0 Å². The topological polar surface area (TPSA) is 37.4 Å². The van der Waals surface area contributed by atoms with Crippen molar-refractivity contribution in [3.63, 3.8) is 0 Å². The van der Waals surface area contributed by atoms with Crippen molar-refractivity contribution >= 4 is 10.0 Å². The van der Waals surface area contributed by atoms with Gasteiger partial charge in [-0.15, -0.1) is 0 Å². The lowest BCUT2D eigenvalue weighted by Crippen LogP contribution is -2.30. The summed E-state index contributed by atoms with van der Waals surface area (Å²) in [5, 5.41) is 0. The molecule has 4 heteroatoms. The highest BCUT2D eigenvalue weighted by Crippen LogP contribution is 2.11. The Balaban J connectivity index is 4.84. The summed E-state index contributed by atoms with van der Waals surface area (Å²) in [6, 6.07) is 0. The van der Waals surface area contributed by atoms with Crippen LogP contribution in [0.4, 0.5) is 0 Å². The first-order valence-electron chi connectivity index (χ1n) is 4.13. The van der Waals surface area contributed by atoms with Gasteiger partial charge in [-0.25, -0.2) is 8.42 Å². The van der Waals surface area contributed by atoms with E-state index in [1.54, 1.807) is 19.9 Å². The summed E-state index contributed by atoms with van der Waals surface area (Å²) < 4.78 is 24.6. The number of sulfonamides is 1. The maximum absolute atomic E-state index is 11.6. The van der Waals surface area contributed by atoms with Crippen molar-refractivity contribution in [2.75, 3.05) is 13.1 Å². The average molecular weight is 191 g/mol. The first kappa shape index (κ1) is 11.6. The van der Waals surface area contributed by atoms with Crippen LogP contribution in [0.5, 0.6) is 0 Å². The summed E-state index contributed by atoms with van der Waals surface area (Å²) >= 11 is 0. The van der Waals surface area contributed by atoms with Crippen molar-refractivity contribution in [1.82, 2.24) is 4.31 Å². The summed E-state index contributed by atoms with van der Waals surface area (Å²) in [4.78, 5) is 0.422. The normalized spacial score (nSPS) is 13.9. The second kappa shape index (κ2) is 4.62. The summed E-state index contributed by atoms with van der Waals surface area (Å²) in [6.07, 6.45) is 1.62. The van der Waals surface area contributed by atoms with Gasteiger partial charge in [-0.3, -0.25) is 0 Å². The first-order valence-corrected chi connectivity index (χ1v) is 5.57. The van der Waals surface area contributed by atoms with Crippen molar-refractivity contribution in [1.29, 1.82) is 0 Å². The molecule has 0 saturated carbocycles. The number of hydrogen-bond acceptors (Lipinski definition) is 2. The summed E-state index contributed by atoms with van der Waals surface area (Å²) in [6.45, 7) is 8.09. The van der Waals surface area contributed by atoms with E-state index in [0.717, 1.165) is 0 Å². The third-order valence-corrected chi connectivity index (χ3v) is 4.10. The first-order chi connectivity index (χ1) is 5.50. The zero-order valence-corrected chi connectivity index (χ0v) is 8.98. The maximum atomic E-state index is 11.6. The molecule has 0 fully saturated rings. The quantitative estimate of drug-likeness (QED) is 0.676. The fraction of sp³-hybridized carbons (Fsp3) is 0.750. The van der Waals surface area contributed by atoms with Gasteiger partial charge in [0.25, 0.3) is 0 Å². The Morgan fingerprint density at radius 1 is 1.33 bits per heavy atom. The van der Waals surface area contributed by atoms with Gasteiger partial charge in [0, 0.05) is 13.1 Å². The highest BCUT2D eigenvalue weighted by Gasteiger charge is 2.19. The van der Waals surface area contributed by atoms with Crippen LogP contribution in [0, 0.1) is 0 Å². The molecule has 0 heterocycles. The smallest absolute Gasteiger partial charge is 0.207 e. The molecule has 0 radical (unpaired) electrons. The highest BCUT2D eigenvalue weighted by molar-refractivity contribution is 7.92. The standard InChI is InChI=1S/C8H17NO2S/c1-5-8(4)12(10,11)9(6-2)7-3/h5H,6-7H2,1-4H3. The van der Waals surface area contributed by atoms with Gasteiger partial charge in [0.15, 0.2) is 0 Å². The van der Waals surface area contributed by atoms with Gasteiger partial charge in [-0.1, -0.05) is 19.9 Å². The molecule has 0 aliphatic rings. The van der Waals surface area contributed by atoms with Crippen LogP contribution in [0.15, 0.2) is 11.0 Å². The van der Waals surface area contributed by atoms with Gasteiger partial charge >= 0.3 is 0 Å². The van der Waals surface area contributed by atoms with Gasteiger partial charge in [0.1, 0.15) is 0 Å². The van der Waals surface area contributed by atoms with Crippen LogP contribution in [0.2, 0.25) is 0 Å². The summed E-state index contributed by atoms with van der Waals surface area (Å²) in [5.41, 5.74) is 0. The zero-order chi connectivity index (χ0) is 9.78. The second-order valence-electron chi connectivity index (χ2n) is 2.49. The predicted octanol–water partition coefficient (Wildman–Crippen LogP) is 1.58. The molecule has 0 aromatic carbocycles. The lowest BCUT2D eigenvalue weighted by molar-refractivity contribution is 0.450. The van der Waals surface area contributed by atoms with Crippen LogP contribution in [0.1, 0.15) is 27.7 Å². The minimum absolute atomic E-state index is 0.422. The molecule has 0 unspecified atom stereocenters. The molecule has 0 rings (SSSR count). The summed E-state index contributed by atoms with van der Waals surface area (Å²) in [7, 11) is -3.16. The van der Waals surface area contributed by atoms with Crippen molar-refractivity contribution in [3.8, 4) is 0 Å². The Hall–Kier alpha value is -0.350. The van der Waals surface area contributed by atoms with E-state index in [1.807, 2.05) is 13.8 Å². The van der Waals surface area contributed by atoms with Crippen LogP contribution >= 0.6 is 0 Å². The number of nitrogens with zero attached hydrogens (tertiary/aromatic N) is 1. The molecule has 0 aromatic rings.